The van der Waals surface area contributed by atoms with Crippen LogP contribution in [0.2, 0.25) is 0 Å². The van der Waals surface area contributed by atoms with E-state index < -0.39 is 0 Å². The summed E-state index contributed by atoms with van der Waals surface area (Å²) in [6.45, 7) is 3.67. The lowest BCUT2D eigenvalue weighted by atomic mass is 9.95. The molecule has 0 spiro atoms. The Bertz CT molecular complexity index is 466. The van der Waals surface area contributed by atoms with Crippen molar-refractivity contribution in [2.24, 2.45) is 0 Å². The number of hydrogen-bond donors (Lipinski definition) is 2. The van der Waals surface area contributed by atoms with E-state index in [9.17, 15) is 4.79 Å². The van der Waals surface area contributed by atoms with Crippen LogP contribution in [0.15, 0.2) is 18.2 Å². The van der Waals surface area contributed by atoms with E-state index in [0.717, 1.165) is 5.69 Å². The SMILES string of the molecule is CC(C)OC(=O)c1ccc(NC2CCCCC2)c(N)c1. The van der Waals surface area contributed by atoms with Gasteiger partial charge in [-0.05, 0) is 44.9 Å². The van der Waals surface area contributed by atoms with Gasteiger partial charge in [0.1, 0.15) is 0 Å². The second-order valence-corrected chi connectivity index (χ2v) is 5.74. The van der Waals surface area contributed by atoms with Crippen LogP contribution >= 0.6 is 0 Å². The molecule has 1 aromatic carbocycles. The highest BCUT2D eigenvalue weighted by Crippen LogP contribution is 2.26. The number of nitrogens with one attached hydrogen (secondary N) is 1. The van der Waals surface area contributed by atoms with E-state index in [1.807, 2.05) is 19.9 Å². The third kappa shape index (κ3) is 3.89. The van der Waals surface area contributed by atoms with E-state index in [1.54, 1.807) is 12.1 Å². The molecule has 0 radical (unpaired) electrons. The average molecular weight is 276 g/mol. The predicted molar refractivity (Wildman–Crippen MR) is 81.9 cm³/mol. The molecular formula is C16H24N2O2. The van der Waals surface area contributed by atoms with Crippen LogP contribution in [0.4, 0.5) is 11.4 Å². The van der Waals surface area contributed by atoms with Crippen molar-refractivity contribution in [3.63, 3.8) is 0 Å². The lowest BCUT2D eigenvalue weighted by Gasteiger charge is -2.24. The van der Waals surface area contributed by atoms with E-state index in [0.29, 0.717) is 17.3 Å². The van der Waals surface area contributed by atoms with Crippen molar-refractivity contribution in [1.29, 1.82) is 0 Å². The second-order valence-electron chi connectivity index (χ2n) is 5.74. The Balaban J connectivity index is 2.03. The molecule has 1 aliphatic rings. The number of nitrogens with two attached hydrogens (primary N) is 1. The average Bonchev–Trinajstić information content (AvgIpc) is 2.41. The number of hydrogen-bond acceptors (Lipinski definition) is 4. The van der Waals surface area contributed by atoms with Crippen molar-refractivity contribution < 1.29 is 9.53 Å². The molecule has 0 saturated heterocycles. The number of benzene rings is 1. The minimum atomic E-state index is -0.323. The van der Waals surface area contributed by atoms with Gasteiger partial charge in [-0.3, -0.25) is 0 Å². The minimum absolute atomic E-state index is 0.122. The van der Waals surface area contributed by atoms with Crippen LogP contribution in [0, 0.1) is 0 Å². The Labute approximate surface area is 120 Å². The second kappa shape index (κ2) is 6.64. The first kappa shape index (κ1) is 14.7. The van der Waals surface area contributed by atoms with Gasteiger partial charge in [-0.1, -0.05) is 19.3 Å². The summed E-state index contributed by atoms with van der Waals surface area (Å²) in [5.41, 5.74) is 8.06. The molecule has 0 aromatic heterocycles. The summed E-state index contributed by atoms with van der Waals surface area (Å²) in [4.78, 5) is 11.8. The van der Waals surface area contributed by atoms with Gasteiger partial charge in [-0.15, -0.1) is 0 Å². The molecule has 4 heteroatoms. The summed E-state index contributed by atoms with van der Waals surface area (Å²) in [7, 11) is 0. The Morgan fingerprint density at radius 3 is 2.60 bits per heavy atom. The molecule has 0 atom stereocenters. The maximum absolute atomic E-state index is 11.8. The standard InChI is InChI=1S/C16H24N2O2/c1-11(2)20-16(19)12-8-9-15(14(17)10-12)18-13-6-4-3-5-7-13/h8-11,13,18H,3-7,17H2,1-2H3. The van der Waals surface area contributed by atoms with Gasteiger partial charge in [-0.2, -0.15) is 0 Å². The van der Waals surface area contributed by atoms with Crippen LogP contribution in [0.1, 0.15) is 56.3 Å². The molecule has 3 N–H and O–H groups in total. The Morgan fingerprint density at radius 2 is 2.00 bits per heavy atom. The number of ether oxygens (including phenoxy) is 1. The lowest BCUT2D eigenvalue weighted by Crippen LogP contribution is -2.23. The van der Waals surface area contributed by atoms with Crippen LogP contribution in [-0.4, -0.2) is 18.1 Å². The maximum atomic E-state index is 11.8. The van der Waals surface area contributed by atoms with E-state index in [-0.39, 0.29) is 12.1 Å². The molecule has 1 saturated carbocycles. The number of nitrogen functional groups attached to an aromatic ring is 1. The van der Waals surface area contributed by atoms with E-state index in [1.165, 1.54) is 32.1 Å². The summed E-state index contributed by atoms with van der Waals surface area (Å²) < 4.78 is 5.17. The zero-order valence-corrected chi connectivity index (χ0v) is 12.3. The van der Waals surface area contributed by atoms with Crippen LogP contribution < -0.4 is 11.1 Å². The van der Waals surface area contributed by atoms with Crippen molar-refractivity contribution >= 4 is 17.3 Å². The minimum Gasteiger partial charge on any atom is -0.459 e. The zero-order chi connectivity index (χ0) is 14.5. The van der Waals surface area contributed by atoms with Gasteiger partial charge in [0.15, 0.2) is 0 Å². The van der Waals surface area contributed by atoms with Gasteiger partial charge in [0.05, 0.1) is 23.0 Å². The summed E-state index contributed by atoms with van der Waals surface area (Å²) in [5.74, 6) is -0.323. The van der Waals surface area contributed by atoms with Gasteiger partial charge < -0.3 is 15.8 Å². The maximum Gasteiger partial charge on any atom is 0.338 e. The molecule has 110 valence electrons. The monoisotopic (exact) mass is 276 g/mol. The number of carbonyl (C=O) groups is 1. The normalized spacial score (nSPS) is 16.1. The molecule has 0 unspecified atom stereocenters. The highest BCUT2D eigenvalue weighted by Gasteiger charge is 2.15. The fourth-order valence-electron chi connectivity index (χ4n) is 2.57. The fraction of sp³-hybridized carbons (Fsp3) is 0.562. The predicted octanol–water partition coefficient (Wildman–Crippen LogP) is 3.58. The summed E-state index contributed by atoms with van der Waals surface area (Å²) >= 11 is 0. The first-order chi connectivity index (χ1) is 9.56. The smallest absolute Gasteiger partial charge is 0.338 e. The summed E-state index contributed by atoms with van der Waals surface area (Å²) in [6, 6.07) is 5.84. The largest absolute Gasteiger partial charge is 0.459 e. The molecule has 4 nitrogen and oxygen atoms in total. The van der Waals surface area contributed by atoms with Crippen molar-refractivity contribution in [1.82, 2.24) is 0 Å². The molecule has 0 amide bonds. The fourth-order valence-corrected chi connectivity index (χ4v) is 2.57. The molecule has 0 bridgehead atoms. The first-order valence-electron chi connectivity index (χ1n) is 7.43. The zero-order valence-electron chi connectivity index (χ0n) is 12.3. The summed E-state index contributed by atoms with van der Waals surface area (Å²) in [5, 5.41) is 3.48. The van der Waals surface area contributed by atoms with Crippen molar-refractivity contribution in [3.8, 4) is 0 Å². The van der Waals surface area contributed by atoms with Crippen molar-refractivity contribution in [2.75, 3.05) is 11.1 Å². The number of rotatable bonds is 4. The molecule has 1 aliphatic carbocycles. The molecule has 20 heavy (non-hydrogen) atoms. The highest BCUT2D eigenvalue weighted by atomic mass is 16.5. The molecule has 0 heterocycles. The number of esters is 1. The van der Waals surface area contributed by atoms with Crippen LogP contribution in [0.5, 0.6) is 0 Å². The van der Waals surface area contributed by atoms with Gasteiger partial charge in [0.25, 0.3) is 0 Å². The Kier molecular flexibility index (Phi) is 4.88. The third-order valence-electron chi connectivity index (χ3n) is 3.59. The topological polar surface area (TPSA) is 64.3 Å². The molecule has 1 fully saturated rings. The van der Waals surface area contributed by atoms with Crippen LogP contribution in [-0.2, 0) is 4.74 Å². The Hall–Kier alpha value is -1.71. The number of anilines is 2. The highest BCUT2D eigenvalue weighted by molar-refractivity contribution is 5.92. The summed E-state index contributed by atoms with van der Waals surface area (Å²) in [6.07, 6.45) is 6.14. The van der Waals surface area contributed by atoms with E-state index in [4.69, 9.17) is 10.5 Å². The Morgan fingerprint density at radius 1 is 1.30 bits per heavy atom. The first-order valence-corrected chi connectivity index (χ1v) is 7.43. The number of carbonyl (C=O) groups excluding carboxylic acids is 1. The molecule has 2 rings (SSSR count). The van der Waals surface area contributed by atoms with Gasteiger partial charge >= 0.3 is 5.97 Å². The van der Waals surface area contributed by atoms with Crippen molar-refractivity contribution in [3.05, 3.63) is 23.8 Å². The quantitative estimate of drug-likeness (QED) is 0.651. The van der Waals surface area contributed by atoms with Crippen molar-refractivity contribution in [2.45, 2.75) is 58.1 Å². The van der Waals surface area contributed by atoms with Crippen LogP contribution in [0.3, 0.4) is 0 Å². The van der Waals surface area contributed by atoms with Gasteiger partial charge in [-0.25, -0.2) is 4.79 Å². The van der Waals surface area contributed by atoms with E-state index in [2.05, 4.69) is 5.32 Å². The third-order valence-corrected chi connectivity index (χ3v) is 3.59. The lowest BCUT2D eigenvalue weighted by molar-refractivity contribution is 0.0378. The molecule has 0 aliphatic heterocycles. The molecule has 1 aromatic rings. The van der Waals surface area contributed by atoms with Gasteiger partial charge in [0.2, 0.25) is 0 Å². The van der Waals surface area contributed by atoms with E-state index >= 15 is 0 Å². The van der Waals surface area contributed by atoms with Gasteiger partial charge in [0, 0.05) is 6.04 Å². The van der Waals surface area contributed by atoms with Crippen LogP contribution in [0.25, 0.3) is 0 Å². The molecular weight excluding hydrogens is 252 g/mol.